The summed E-state index contributed by atoms with van der Waals surface area (Å²) in [4.78, 5) is 0. The Morgan fingerprint density at radius 2 is 1.89 bits per heavy atom. The van der Waals surface area contributed by atoms with Crippen molar-refractivity contribution in [2.24, 2.45) is 0 Å². The van der Waals surface area contributed by atoms with Crippen LogP contribution in [0.15, 0.2) is 22.7 Å². The highest BCUT2D eigenvalue weighted by Gasteiger charge is 2.25. The molecule has 1 rings (SSSR count). The zero-order valence-corrected chi connectivity index (χ0v) is 14.0. The van der Waals surface area contributed by atoms with E-state index in [1.807, 2.05) is 33.9 Å². The van der Waals surface area contributed by atoms with Crippen LogP contribution in [0, 0.1) is 5.82 Å². The first-order valence-electron chi connectivity index (χ1n) is 5.78. The van der Waals surface area contributed by atoms with Gasteiger partial charge in [-0.05, 0) is 52.1 Å². The number of hydrogen-bond donors (Lipinski definition) is 0. The summed E-state index contributed by atoms with van der Waals surface area (Å²) in [7, 11) is -0.988. The molecule has 0 aromatic heterocycles. The summed E-state index contributed by atoms with van der Waals surface area (Å²) in [6.07, 6.45) is -0.661. The summed E-state index contributed by atoms with van der Waals surface area (Å²) < 4.78 is 26.3. The Bertz CT molecular complexity index is 404. The Hall–Kier alpha value is -0.233. The van der Waals surface area contributed by atoms with E-state index in [9.17, 15) is 4.39 Å². The molecule has 1 aromatic rings. The van der Waals surface area contributed by atoms with E-state index in [0.29, 0.717) is 5.56 Å². The van der Waals surface area contributed by atoms with Crippen molar-refractivity contribution in [3.63, 3.8) is 0 Å². The van der Waals surface area contributed by atoms with Crippen molar-refractivity contribution in [2.75, 3.05) is 0 Å². The molecule has 0 N–H and O–H groups in total. The van der Waals surface area contributed by atoms with Crippen LogP contribution in [0.3, 0.4) is 0 Å². The fourth-order valence-corrected chi connectivity index (χ4v) is 2.36. The largest absolute Gasteiger partial charge is 0.389 e. The molecule has 0 fully saturated rings. The SMILES string of the molecule is C[Si](C)OC(OC(C)(C)C)c1cc(Br)ccc1F. The van der Waals surface area contributed by atoms with Crippen molar-refractivity contribution in [3.8, 4) is 0 Å². The van der Waals surface area contributed by atoms with E-state index in [0.717, 1.165) is 4.47 Å². The molecule has 1 aromatic carbocycles. The molecule has 1 unspecified atom stereocenters. The molecule has 0 aliphatic heterocycles. The third-order valence-corrected chi connectivity index (χ3v) is 3.19. The molecule has 0 amide bonds. The smallest absolute Gasteiger partial charge is 0.208 e. The molecule has 5 heteroatoms. The van der Waals surface area contributed by atoms with Crippen LogP contribution in [-0.4, -0.2) is 14.6 Å². The predicted octanol–water partition coefficient (Wildman–Crippen LogP) is 4.67. The van der Waals surface area contributed by atoms with Gasteiger partial charge < -0.3 is 9.16 Å². The summed E-state index contributed by atoms with van der Waals surface area (Å²) in [6.45, 7) is 9.78. The van der Waals surface area contributed by atoms with Gasteiger partial charge in [0.15, 0.2) is 6.29 Å². The van der Waals surface area contributed by atoms with Gasteiger partial charge in [-0.15, -0.1) is 0 Å². The summed E-state index contributed by atoms with van der Waals surface area (Å²) in [5.74, 6) is -0.310. The molecule has 2 nitrogen and oxygen atoms in total. The monoisotopic (exact) mass is 333 g/mol. The second-order valence-corrected chi connectivity index (χ2v) is 8.22. The van der Waals surface area contributed by atoms with Crippen molar-refractivity contribution in [3.05, 3.63) is 34.1 Å². The van der Waals surface area contributed by atoms with Crippen molar-refractivity contribution in [1.29, 1.82) is 0 Å². The number of rotatable bonds is 4. The Morgan fingerprint density at radius 3 is 2.39 bits per heavy atom. The molecule has 0 saturated heterocycles. The lowest BCUT2D eigenvalue weighted by Crippen LogP contribution is -2.27. The van der Waals surface area contributed by atoms with Gasteiger partial charge in [0.05, 0.1) is 5.60 Å². The first kappa shape index (κ1) is 15.8. The fraction of sp³-hybridized carbons (Fsp3) is 0.538. The molecule has 0 aliphatic carbocycles. The maximum atomic E-state index is 13.9. The highest BCUT2D eigenvalue weighted by Crippen LogP contribution is 2.29. The second kappa shape index (κ2) is 6.28. The van der Waals surface area contributed by atoms with Crippen LogP contribution in [0.2, 0.25) is 13.1 Å². The maximum absolute atomic E-state index is 13.9. The molecule has 0 heterocycles. The second-order valence-electron chi connectivity index (χ2n) is 5.25. The lowest BCUT2D eigenvalue weighted by molar-refractivity contribution is -0.158. The van der Waals surface area contributed by atoms with Gasteiger partial charge in [0.1, 0.15) is 5.82 Å². The van der Waals surface area contributed by atoms with E-state index < -0.39 is 20.9 Å². The van der Waals surface area contributed by atoms with Gasteiger partial charge in [-0.2, -0.15) is 0 Å². The summed E-state index contributed by atoms with van der Waals surface area (Å²) in [6, 6.07) is 4.78. The van der Waals surface area contributed by atoms with Gasteiger partial charge >= 0.3 is 0 Å². The van der Waals surface area contributed by atoms with Crippen LogP contribution in [-0.2, 0) is 9.16 Å². The highest BCUT2D eigenvalue weighted by atomic mass is 79.9. The van der Waals surface area contributed by atoms with E-state index in [1.165, 1.54) is 6.07 Å². The lowest BCUT2D eigenvalue weighted by Gasteiger charge is -2.29. The average Bonchev–Trinajstić information content (AvgIpc) is 2.18. The van der Waals surface area contributed by atoms with E-state index in [1.54, 1.807) is 12.1 Å². The van der Waals surface area contributed by atoms with Gasteiger partial charge in [-0.25, -0.2) is 4.39 Å². The van der Waals surface area contributed by atoms with Crippen molar-refractivity contribution in [1.82, 2.24) is 0 Å². The summed E-state index contributed by atoms with van der Waals surface area (Å²) in [5.41, 5.74) is 0.0435. The quantitative estimate of drug-likeness (QED) is 0.588. The predicted molar refractivity (Wildman–Crippen MR) is 76.2 cm³/mol. The number of benzene rings is 1. The first-order valence-corrected chi connectivity index (χ1v) is 8.99. The maximum Gasteiger partial charge on any atom is 0.208 e. The minimum atomic E-state index is -0.988. The fourth-order valence-electron chi connectivity index (χ4n) is 1.38. The van der Waals surface area contributed by atoms with Gasteiger partial charge in [0.2, 0.25) is 9.04 Å². The summed E-state index contributed by atoms with van der Waals surface area (Å²) >= 11 is 3.34. The standard InChI is InChI=1S/C13H19BrFO2Si/c1-13(2,3)16-12(17-18(4)5)10-8-9(14)6-7-11(10)15/h6-8,12H,1-5H3. The highest BCUT2D eigenvalue weighted by molar-refractivity contribution is 9.10. The zero-order valence-electron chi connectivity index (χ0n) is 11.4. The van der Waals surface area contributed by atoms with Crippen molar-refractivity contribution >= 4 is 25.0 Å². The molecule has 1 atom stereocenters. The third kappa shape index (κ3) is 5.18. The molecule has 1 radical (unpaired) electrons. The topological polar surface area (TPSA) is 18.5 Å². The third-order valence-electron chi connectivity index (χ3n) is 2.02. The molecule has 0 spiro atoms. The van der Waals surface area contributed by atoms with Crippen molar-refractivity contribution in [2.45, 2.75) is 45.8 Å². The first-order chi connectivity index (χ1) is 8.19. The molecule has 18 heavy (non-hydrogen) atoms. The Kier molecular flexibility index (Phi) is 5.52. The zero-order chi connectivity index (χ0) is 13.9. The van der Waals surface area contributed by atoms with Crippen LogP contribution >= 0.6 is 15.9 Å². The Morgan fingerprint density at radius 1 is 1.28 bits per heavy atom. The van der Waals surface area contributed by atoms with Crippen LogP contribution in [0.25, 0.3) is 0 Å². The molecule has 101 valence electrons. The van der Waals surface area contributed by atoms with E-state index >= 15 is 0 Å². The lowest BCUT2D eigenvalue weighted by atomic mass is 10.1. The van der Waals surface area contributed by atoms with Gasteiger partial charge in [0, 0.05) is 10.0 Å². The van der Waals surface area contributed by atoms with Gasteiger partial charge in [-0.1, -0.05) is 15.9 Å². The minimum Gasteiger partial charge on any atom is -0.389 e. The Balaban J connectivity index is 3.04. The molecule has 0 aliphatic rings. The minimum absolute atomic E-state index is 0.310. The number of halogens is 2. The van der Waals surface area contributed by atoms with Crippen LogP contribution < -0.4 is 0 Å². The van der Waals surface area contributed by atoms with E-state index in [2.05, 4.69) is 15.9 Å². The van der Waals surface area contributed by atoms with Crippen LogP contribution in [0.5, 0.6) is 0 Å². The molecular weight excluding hydrogens is 315 g/mol. The van der Waals surface area contributed by atoms with Gasteiger partial charge in [0.25, 0.3) is 0 Å². The van der Waals surface area contributed by atoms with Crippen LogP contribution in [0.4, 0.5) is 4.39 Å². The average molecular weight is 334 g/mol. The number of hydrogen-bond acceptors (Lipinski definition) is 2. The van der Waals surface area contributed by atoms with Gasteiger partial charge in [-0.3, -0.25) is 0 Å². The van der Waals surface area contributed by atoms with Crippen LogP contribution in [0.1, 0.15) is 32.6 Å². The summed E-state index contributed by atoms with van der Waals surface area (Å²) in [5, 5.41) is 0. The number of ether oxygens (including phenoxy) is 1. The molecule has 0 saturated carbocycles. The molecular formula is C13H19BrFO2Si. The van der Waals surface area contributed by atoms with E-state index in [-0.39, 0.29) is 5.82 Å². The normalized spacial score (nSPS) is 14.0. The van der Waals surface area contributed by atoms with Crippen molar-refractivity contribution < 1.29 is 13.6 Å². The van der Waals surface area contributed by atoms with E-state index in [4.69, 9.17) is 9.16 Å². The Labute approximate surface area is 118 Å². The molecule has 0 bridgehead atoms.